The summed E-state index contributed by atoms with van der Waals surface area (Å²) in [6.07, 6.45) is 0.131. The standard InChI is InChI=1S/C19H18N2O5/c1-11(22)15-8-17-18(26-10-25-17)9-16(15)21-19(24)7-13-3-5-14(6-4-13)20-12(2)23/h3-6,8-9H,7,10H2,1-2H3,(H,20,23)(H,21,24). The molecule has 7 heteroatoms. The molecule has 2 aromatic carbocycles. The summed E-state index contributed by atoms with van der Waals surface area (Å²) in [5.74, 6) is 0.374. The number of fused-ring (bicyclic) bond motifs is 1. The van der Waals surface area contributed by atoms with Crippen molar-refractivity contribution >= 4 is 29.0 Å². The maximum Gasteiger partial charge on any atom is 0.231 e. The van der Waals surface area contributed by atoms with Crippen LogP contribution in [-0.4, -0.2) is 24.4 Å². The number of rotatable bonds is 5. The average molecular weight is 354 g/mol. The normalized spacial score (nSPS) is 11.8. The SMILES string of the molecule is CC(=O)Nc1ccc(CC(=O)Nc2cc3c(cc2C(C)=O)OCO3)cc1. The van der Waals surface area contributed by atoms with E-state index in [9.17, 15) is 14.4 Å². The third-order valence-electron chi connectivity index (χ3n) is 3.81. The largest absolute Gasteiger partial charge is 0.454 e. The highest BCUT2D eigenvalue weighted by molar-refractivity contribution is 6.05. The zero-order chi connectivity index (χ0) is 18.7. The van der Waals surface area contributed by atoms with Crippen molar-refractivity contribution in [2.45, 2.75) is 20.3 Å². The van der Waals surface area contributed by atoms with Crippen LogP contribution in [0.4, 0.5) is 11.4 Å². The Kier molecular flexibility index (Phi) is 4.88. The fourth-order valence-electron chi connectivity index (χ4n) is 2.63. The van der Waals surface area contributed by atoms with Gasteiger partial charge in [0.25, 0.3) is 0 Å². The molecule has 0 spiro atoms. The van der Waals surface area contributed by atoms with E-state index >= 15 is 0 Å². The lowest BCUT2D eigenvalue weighted by Gasteiger charge is -2.11. The zero-order valence-corrected chi connectivity index (χ0v) is 14.4. The van der Waals surface area contributed by atoms with Crippen molar-refractivity contribution in [3.8, 4) is 11.5 Å². The summed E-state index contributed by atoms with van der Waals surface area (Å²) < 4.78 is 10.6. The summed E-state index contributed by atoms with van der Waals surface area (Å²) in [7, 11) is 0. The third-order valence-corrected chi connectivity index (χ3v) is 3.81. The van der Waals surface area contributed by atoms with E-state index in [-0.39, 0.29) is 30.8 Å². The molecule has 1 heterocycles. The summed E-state index contributed by atoms with van der Waals surface area (Å²) in [5.41, 5.74) is 2.20. The van der Waals surface area contributed by atoms with Crippen LogP contribution in [0, 0.1) is 0 Å². The number of hydrogen-bond donors (Lipinski definition) is 2. The molecular weight excluding hydrogens is 336 g/mol. The number of ketones is 1. The molecule has 0 atom stereocenters. The molecule has 26 heavy (non-hydrogen) atoms. The summed E-state index contributed by atoms with van der Waals surface area (Å²) in [6, 6.07) is 10.1. The van der Waals surface area contributed by atoms with Crippen LogP contribution >= 0.6 is 0 Å². The van der Waals surface area contributed by atoms with Gasteiger partial charge in [-0.3, -0.25) is 14.4 Å². The van der Waals surface area contributed by atoms with Crippen LogP contribution in [0.1, 0.15) is 29.8 Å². The first-order chi connectivity index (χ1) is 12.4. The Hall–Kier alpha value is -3.35. The third kappa shape index (κ3) is 4.00. The van der Waals surface area contributed by atoms with E-state index in [2.05, 4.69) is 10.6 Å². The minimum atomic E-state index is -0.265. The summed E-state index contributed by atoms with van der Waals surface area (Å²) in [6.45, 7) is 2.94. The van der Waals surface area contributed by atoms with Crippen molar-refractivity contribution < 1.29 is 23.9 Å². The van der Waals surface area contributed by atoms with Crippen molar-refractivity contribution in [3.05, 3.63) is 47.5 Å². The van der Waals surface area contributed by atoms with Crippen molar-refractivity contribution in [2.75, 3.05) is 17.4 Å². The van der Waals surface area contributed by atoms with Crippen LogP contribution < -0.4 is 20.1 Å². The van der Waals surface area contributed by atoms with Gasteiger partial charge in [0.2, 0.25) is 18.6 Å². The molecule has 7 nitrogen and oxygen atoms in total. The molecule has 0 radical (unpaired) electrons. The fourth-order valence-corrected chi connectivity index (χ4v) is 2.63. The number of carbonyl (C=O) groups excluding carboxylic acids is 3. The van der Waals surface area contributed by atoms with Crippen LogP contribution in [0.5, 0.6) is 11.5 Å². The van der Waals surface area contributed by atoms with E-state index < -0.39 is 0 Å². The fraction of sp³-hybridized carbons (Fsp3) is 0.211. The lowest BCUT2D eigenvalue weighted by Crippen LogP contribution is -2.16. The molecule has 1 aliphatic heterocycles. The maximum atomic E-state index is 12.4. The quantitative estimate of drug-likeness (QED) is 0.805. The van der Waals surface area contributed by atoms with Gasteiger partial charge in [-0.25, -0.2) is 0 Å². The van der Waals surface area contributed by atoms with Gasteiger partial charge in [0.05, 0.1) is 12.1 Å². The lowest BCUT2D eigenvalue weighted by atomic mass is 10.1. The first kappa shape index (κ1) is 17.5. The molecule has 2 amide bonds. The molecule has 0 aliphatic carbocycles. The highest BCUT2D eigenvalue weighted by Crippen LogP contribution is 2.37. The second-order valence-electron chi connectivity index (χ2n) is 5.91. The Balaban J connectivity index is 1.72. The molecule has 134 valence electrons. The second kappa shape index (κ2) is 7.26. The number of anilines is 2. The Bertz CT molecular complexity index is 874. The molecule has 2 aromatic rings. The van der Waals surface area contributed by atoms with Gasteiger partial charge in [0.1, 0.15) is 0 Å². The smallest absolute Gasteiger partial charge is 0.231 e. The first-order valence-corrected chi connectivity index (χ1v) is 8.03. The van der Waals surface area contributed by atoms with E-state index in [1.807, 2.05) is 0 Å². The van der Waals surface area contributed by atoms with E-state index in [1.165, 1.54) is 13.8 Å². The van der Waals surface area contributed by atoms with Crippen LogP contribution in [0.2, 0.25) is 0 Å². The van der Waals surface area contributed by atoms with Crippen molar-refractivity contribution in [1.82, 2.24) is 0 Å². The summed E-state index contributed by atoms with van der Waals surface area (Å²) in [4.78, 5) is 35.2. The summed E-state index contributed by atoms with van der Waals surface area (Å²) >= 11 is 0. The van der Waals surface area contributed by atoms with E-state index in [0.29, 0.717) is 28.4 Å². The molecular formula is C19H18N2O5. The highest BCUT2D eigenvalue weighted by atomic mass is 16.7. The Morgan fingerprint density at radius 3 is 2.23 bits per heavy atom. The number of amides is 2. The van der Waals surface area contributed by atoms with Gasteiger partial charge < -0.3 is 20.1 Å². The van der Waals surface area contributed by atoms with Crippen molar-refractivity contribution in [2.24, 2.45) is 0 Å². The predicted octanol–water partition coefficient (Wildman–Crippen LogP) is 2.76. The van der Waals surface area contributed by atoms with Gasteiger partial charge in [-0.15, -0.1) is 0 Å². The van der Waals surface area contributed by atoms with Crippen LogP contribution in [-0.2, 0) is 16.0 Å². The Labute approximate surface area is 150 Å². The molecule has 0 aromatic heterocycles. The predicted molar refractivity (Wildman–Crippen MR) is 95.6 cm³/mol. The maximum absolute atomic E-state index is 12.4. The van der Waals surface area contributed by atoms with Gasteiger partial charge in [-0.05, 0) is 30.7 Å². The molecule has 2 N–H and O–H groups in total. The molecule has 3 rings (SSSR count). The molecule has 0 bridgehead atoms. The van der Waals surface area contributed by atoms with Gasteiger partial charge in [0.15, 0.2) is 17.3 Å². The summed E-state index contributed by atoms with van der Waals surface area (Å²) in [5, 5.41) is 5.42. The number of carbonyl (C=O) groups is 3. The van der Waals surface area contributed by atoms with E-state index in [4.69, 9.17) is 9.47 Å². The second-order valence-corrected chi connectivity index (χ2v) is 5.91. The number of ether oxygens (including phenoxy) is 2. The van der Waals surface area contributed by atoms with E-state index in [1.54, 1.807) is 36.4 Å². The topological polar surface area (TPSA) is 93.7 Å². The number of nitrogens with one attached hydrogen (secondary N) is 2. The van der Waals surface area contributed by atoms with Crippen LogP contribution in [0.15, 0.2) is 36.4 Å². The van der Waals surface area contributed by atoms with Gasteiger partial charge in [-0.1, -0.05) is 12.1 Å². The van der Waals surface area contributed by atoms with Crippen molar-refractivity contribution in [1.29, 1.82) is 0 Å². The monoisotopic (exact) mass is 354 g/mol. The first-order valence-electron chi connectivity index (χ1n) is 8.03. The molecule has 1 aliphatic rings. The highest BCUT2D eigenvalue weighted by Gasteiger charge is 2.20. The molecule has 0 unspecified atom stereocenters. The average Bonchev–Trinajstić information content (AvgIpc) is 3.02. The zero-order valence-electron chi connectivity index (χ0n) is 14.4. The minimum Gasteiger partial charge on any atom is -0.454 e. The van der Waals surface area contributed by atoms with Crippen molar-refractivity contribution in [3.63, 3.8) is 0 Å². The lowest BCUT2D eigenvalue weighted by molar-refractivity contribution is -0.116. The molecule has 0 saturated carbocycles. The number of Topliss-reactive ketones (excluding diaryl/α,β-unsaturated/α-hetero) is 1. The Morgan fingerprint density at radius 2 is 1.62 bits per heavy atom. The number of hydrogen-bond acceptors (Lipinski definition) is 5. The Morgan fingerprint density at radius 1 is 0.962 bits per heavy atom. The molecule has 0 fully saturated rings. The van der Waals surface area contributed by atoms with E-state index in [0.717, 1.165) is 5.56 Å². The van der Waals surface area contributed by atoms with Gasteiger partial charge in [-0.2, -0.15) is 0 Å². The van der Waals surface area contributed by atoms with Crippen LogP contribution in [0.25, 0.3) is 0 Å². The van der Waals surface area contributed by atoms with Gasteiger partial charge >= 0.3 is 0 Å². The molecule has 0 saturated heterocycles. The van der Waals surface area contributed by atoms with Gasteiger partial charge in [0, 0.05) is 24.2 Å². The minimum absolute atomic E-state index is 0.0880. The van der Waals surface area contributed by atoms with Crippen LogP contribution in [0.3, 0.4) is 0 Å². The number of benzene rings is 2.